The van der Waals surface area contributed by atoms with Crippen molar-refractivity contribution in [2.45, 2.75) is 88.9 Å². The molecule has 2 aromatic rings. The number of carbonyl (C=O) groups is 2. The summed E-state index contributed by atoms with van der Waals surface area (Å²) in [5.41, 5.74) is 1.51. The van der Waals surface area contributed by atoms with Crippen molar-refractivity contribution in [3.63, 3.8) is 0 Å². The van der Waals surface area contributed by atoms with E-state index in [1.54, 1.807) is 11.6 Å². The first kappa shape index (κ1) is 26.6. The van der Waals surface area contributed by atoms with E-state index in [0.29, 0.717) is 11.5 Å². The van der Waals surface area contributed by atoms with Gasteiger partial charge in [-0.2, -0.15) is 5.26 Å². The molecule has 2 aliphatic rings. The van der Waals surface area contributed by atoms with Gasteiger partial charge >= 0.3 is 0 Å². The van der Waals surface area contributed by atoms with Crippen molar-refractivity contribution in [1.82, 2.24) is 25.0 Å². The molecule has 2 amide bonds. The van der Waals surface area contributed by atoms with Crippen LogP contribution in [0, 0.1) is 11.5 Å². The monoisotopic (exact) mass is 507 g/mol. The summed E-state index contributed by atoms with van der Waals surface area (Å²) < 4.78 is 1.64. The maximum atomic E-state index is 14.2. The van der Waals surface area contributed by atoms with Crippen LogP contribution < -0.4 is 10.2 Å². The van der Waals surface area contributed by atoms with Crippen molar-refractivity contribution in [3.05, 3.63) is 42.0 Å². The lowest BCUT2D eigenvalue weighted by Gasteiger charge is -2.35. The molecule has 1 saturated carbocycles. The molecule has 0 radical (unpaired) electrons. The summed E-state index contributed by atoms with van der Waals surface area (Å²) in [6.07, 6.45) is 7.87. The van der Waals surface area contributed by atoms with Gasteiger partial charge in [0.05, 0.1) is 12.6 Å². The number of amides is 2. The third-order valence-electron chi connectivity index (χ3n) is 7.39. The van der Waals surface area contributed by atoms with Gasteiger partial charge in [-0.15, -0.1) is 10.2 Å². The molecule has 1 aliphatic heterocycles. The lowest BCUT2D eigenvalue weighted by Crippen LogP contribution is -2.52. The highest BCUT2D eigenvalue weighted by Crippen LogP contribution is 2.33. The number of likely N-dealkylation sites (tertiary alicyclic amines) is 1. The summed E-state index contributed by atoms with van der Waals surface area (Å²) in [6, 6.07) is 5.61. The van der Waals surface area contributed by atoms with Crippen LogP contribution in [0.1, 0.15) is 76.7 Å². The number of carbonyl (C=O) groups excluding carboxylic acids is 2. The van der Waals surface area contributed by atoms with Gasteiger partial charge in [0.15, 0.2) is 18.1 Å². The maximum absolute atomic E-state index is 14.2. The van der Waals surface area contributed by atoms with E-state index in [4.69, 9.17) is 0 Å². The molecule has 1 aromatic carbocycles. The smallest absolute Gasteiger partial charge is 0.251 e. The van der Waals surface area contributed by atoms with Gasteiger partial charge in [-0.3, -0.25) is 19.4 Å². The van der Waals surface area contributed by atoms with Crippen molar-refractivity contribution in [1.29, 1.82) is 5.26 Å². The minimum Gasteiger partial charge on any atom is -0.391 e. The molecule has 2 N–H and O–H groups in total. The average Bonchev–Trinajstić information content (AvgIpc) is 3.47. The molecular weight excluding hydrogens is 470 g/mol. The fourth-order valence-electron chi connectivity index (χ4n) is 5.26. The molecule has 1 aliphatic carbocycles. The molecule has 1 saturated heterocycles. The molecule has 0 bridgehead atoms. The molecule has 4 rings (SSSR count). The molecule has 0 spiro atoms. The summed E-state index contributed by atoms with van der Waals surface area (Å²) in [4.78, 5) is 30.8. The van der Waals surface area contributed by atoms with Crippen molar-refractivity contribution in [2.75, 3.05) is 11.4 Å². The minimum atomic E-state index is -1.10. The van der Waals surface area contributed by atoms with E-state index in [9.17, 15) is 20.0 Å². The highest BCUT2D eigenvalue weighted by molar-refractivity contribution is 6.03. The Morgan fingerprint density at radius 3 is 2.43 bits per heavy atom. The summed E-state index contributed by atoms with van der Waals surface area (Å²) in [5.74, 6) is -0.449. The summed E-state index contributed by atoms with van der Waals surface area (Å²) >= 11 is 0. The zero-order valence-corrected chi connectivity index (χ0v) is 22.1. The van der Waals surface area contributed by atoms with Crippen molar-refractivity contribution in [2.24, 2.45) is 7.05 Å². The highest BCUT2D eigenvalue weighted by Gasteiger charge is 2.44. The standard InChI is InChI=1S/C27H37N7O3/c1-27(2,3)18-10-12-20(13-11-18)34(26(37)22-14-21(35)15-33(22)16-28)23(24-31-29-17-32(24)4)25(36)30-19-8-6-5-7-9-19/h10-13,17,19,21-23,35H,5-9,14-15H2,1-4H3,(H,30,36). The van der Waals surface area contributed by atoms with Gasteiger partial charge < -0.3 is 15.0 Å². The molecule has 2 heterocycles. The Morgan fingerprint density at radius 2 is 1.86 bits per heavy atom. The molecule has 10 heteroatoms. The number of aromatic nitrogens is 3. The second kappa shape index (κ2) is 10.9. The zero-order valence-electron chi connectivity index (χ0n) is 22.1. The van der Waals surface area contributed by atoms with Crippen LogP contribution >= 0.6 is 0 Å². The molecule has 2 fully saturated rings. The fourth-order valence-corrected chi connectivity index (χ4v) is 5.26. The van der Waals surface area contributed by atoms with E-state index < -0.39 is 24.1 Å². The SMILES string of the molecule is Cn1cnnc1C(C(=O)NC1CCCCC1)N(C(=O)C1CC(O)CN1C#N)c1ccc(C(C)(C)C)cc1. The van der Waals surface area contributed by atoms with E-state index in [2.05, 4.69) is 36.3 Å². The molecule has 3 unspecified atom stereocenters. The summed E-state index contributed by atoms with van der Waals surface area (Å²) in [5, 5.41) is 31.3. The highest BCUT2D eigenvalue weighted by atomic mass is 16.3. The predicted octanol–water partition coefficient (Wildman–Crippen LogP) is 2.55. The van der Waals surface area contributed by atoms with Crippen molar-refractivity contribution in [3.8, 4) is 6.19 Å². The lowest BCUT2D eigenvalue weighted by atomic mass is 9.87. The molecule has 3 atom stereocenters. The van der Waals surface area contributed by atoms with E-state index >= 15 is 0 Å². The number of nitrogens with zero attached hydrogens (tertiary/aromatic N) is 6. The van der Waals surface area contributed by atoms with Crippen LogP contribution in [0.15, 0.2) is 30.6 Å². The summed E-state index contributed by atoms with van der Waals surface area (Å²) in [6.45, 7) is 6.40. The Labute approximate surface area is 218 Å². The van der Waals surface area contributed by atoms with E-state index in [1.165, 1.54) is 16.1 Å². The first-order valence-electron chi connectivity index (χ1n) is 13.0. The Bertz CT molecular complexity index is 1140. The number of hydrogen-bond donors (Lipinski definition) is 2. The Kier molecular flexibility index (Phi) is 7.83. The molecule has 198 valence electrons. The average molecular weight is 508 g/mol. The third kappa shape index (κ3) is 5.77. The second-order valence-electron chi connectivity index (χ2n) is 11.2. The molecule has 37 heavy (non-hydrogen) atoms. The van der Waals surface area contributed by atoms with Gasteiger partial charge in [-0.25, -0.2) is 0 Å². The molecule has 10 nitrogen and oxygen atoms in total. The normalized spacial score (nSPS) is 21.4. The minimum absolute atomic E-state index is 0.0288. The number of β-amino-alcohol motifs (C(OH)–C–C–N with tert-alkyl or cyclic N) is 1. The lowest BCUT2D eigenvalue weighted by molar-refractivity contribution is -0.129. The quantitative estimate of drug-likeness (QED) is 0.575. The van der Waals surface area contributed by atoms with Crippen LogP contribution in [0.2, 0.25) is 0 Å². The predicted molar refractivity (Wildman–Crippen MR) is 138 cm³/mol. The van der Waals surface area contributed by atoms with Crippen LogP contribution in [0.5, 0.6) is 0 Å². The van der Waals surface area contributed by atoms with Crippen LogP contribution in [0.4, 0.5) is 5.69 Å². The first-order chi connectivity index (χ1) is 17.6. The van der Waals surface area contributed by atoms with Gasteiger partial charge in [0, 0.05) is 25.2 Å². The van der Waals surface area contributed by atoms with Crippen LogP contribution in [0.3, 0.4) is 0 Å². The second-order valence-corrected chi connectivity index (χ2v) is 11.2. The fraction of sp³-hybridized carbons (Fsp3) is 0.593. The molecular formula is C27H37N7O3. The number of anilines is 1. The Hall–Kier alpha value is -3.45. The topological polar surface area (TPSA) is 127 Å². The number of hydrogen-bond acceptors (Lipinski definition) is 7. The number of benzene rings is 1. The maximum Gasteiger partial charge on any atom is 0.251 e. The first-order valence-corrected chi connectivity index (χ1v) is 13.0. The number of aryl methyl sites for hydroxylation is 1. The number of rotatable bonds is 6. The Morgan fingerprint density at radius 1 is 1.19 bits per heavy atom. The van der Waals surface area contributed by atoms with Crippen LogP contribution in [-0.2, 0) is 22.1 Å². The van der Waals surface area contributed by atoms with Crippen molar-refractivity contribution >= 4 is 17.5 Å². The van der Waals surface area contributed by atoms with Crippen LogP contribution in [-0.4, -0.2) is 61.3 Å². The van der Waals surface area contributed by atoms with Gasteiger partial charge in [0.2, 0.25) is 0 Å². The van der Waals surface area contributed by atoms with Gasteiger partial charge in [0.25, 0.3) is 11.8 Å². The van der Waals surface area contributed by atoms with E-state index in [1.807, 2.05) is 30.5 Å². The third-order valence-corrected chi connectivity index (χ3v) is 7.39. The molecule has 1 aromatic heterocycles. The number of aliphatic hydroxyl groups is 1. The van der Waals surface area contributed by atoms with Gasteiger partial charge in [0.1, 0.15) is 12.4 Å². The number of aliphatic hydroxyl groups excluding tert-OH is 1. The largest absolute Gasteiger partial charge is 0.391 e. The van der Waals surface area contributed by atoms with E-state index in [0.717, 1.165) is 37.7 Å². The van der Waals surface area contributed by atoms with E-state index in [-0.39, 0.29) is 30.3 Å². The van der Waals surface area contributed by atoms with Crippen LogP contribution in [0.25, 0.3) is 0 Å². The summed E-state index contributed by atoms with van der Waals surface area (Å²) in [7, 11) is 1.74. The van der Waals surface area contributed by atoms with Gasteiger partial charge in [-0.05, 0) is 36.0 Å². The number of nitriles is 1. The number of nitrogens with one attached hydrogen (secondary N) is 1. The Balaban J connectivity index is 1.79. The van der Waals surface area contributed by atoms with Gasteiger partial charge in [-0.1, -0.05) is 52.2 Å². The zero-order chi connectivity index (χ0) is 26.7. The van der Waals surface area contributed by atoms with Crippen molar-refractivity contribution < 1.29 is 14.7 Å².